The van der Waals surface area contributed by atoms with E-state index in [1.165, 1.54) is 6.42 Å². The van der Waals surface area contributed by atoms with E-state index in [1.54, 1.807) is 13.0 Å². The summed E-state index contributed by atoms with van der Waals surface area (Å²) in [7, 11) is 0. The number of nitrogens with zero attached hydrogens (tertiary/aromatic N) is 1. The molecule has 0 saturated heterocycles. The molecule has 0 heterocycles. The fourth-order valence-corrected chi connectivity index (χ4v) is 2.28. The molecule has 0 bridgehead atoms. The first kappa shape index (κ1) is 13.0. The van der Waals surface area contributed by atoms with Crippen molar-refractivity contribution in [3.8, 4) is 0 Å². The van der Waals surface area contributed by atoms with Gasteiger partial charge in [0.2, 0.25) is 0 Å². The number of nitro benzene ring substituents is 1. The summed E-state index contributed by atoms with van der Waals surface area (Å²) in [6.45, 7) is 8.01. The molecule has 1 aliphatic rings. The van der Waals surface area contributed by atoms with Gasteiger partial charge in [-0.25, -0.2) is 0 Å². The lowest BCUT2D eigenvalue weighted by Crippen LogP contribution is -2.18. The van der Waals surface area contributed by atoms with Gasteiger partial charge in [0.15, 0.2) is 0 Å². The Labute approximate surface area is 108 Å². The summed E-state index contributed by atoms with van der Waals surface area (Å²) in [6, 6.07) is 5.43. The molecule has 4 nitrogen and oxygen atoms in total. The van der Waals surface area contributed by atoms with Gasteiger partial charge in [0.1, 0.15) is 0 Å². The summed E-state index contributed by atoms with van der Waals surface area (Å²) in [4.78, 5) is 10.5. The van der Waals surface area contributed by atoms with E-state index in [-0.39, 0.29) is 10.6 Å². The minimum atomic E-state index is -0.317. The van der Waals surface area contributed by atoms with Gasteiger partial charge in [0, 0.05) is 18.2 Å². The van der Waals surface area contributed by atoms with Gasteiger partial charge >= 0.3 is 0 Å². The van der Waals surface area contributed by atoms with E-state index in [0.717, 1.165) is 18.0 Å². The SMILES string of the molecule is Cc1ccc(CNCC2CC2(C)C)cc1[N+](=O)[O-]. The molecule has 0 aromatic heterocycles. The van der Waals surface area contributed by atoms with Crippen LogP contribution in [0, 0.1) is 28.4 Å². The molecule has 1 N–H and O–H groups in total. The standard InChI is InChI=1S/C14H20N2O2/c1-10-4-5-11(6-13(10)16(17)18)8-15-9-12-7-14(12,2)3/h4-6,12,15H,7-9H2,1-3H3. The lowest BCUT2D eigenvalue weighted by Gasteiger charge is -2.07. The molecule has 1 unspecified atom stereocenters. The van der Waals surface area contributed by atoms with Crippen LogP contribution in [0.15, 0.2) is 18.2 Å². The molecule has 18 heavy (non-hydrogen) atoms. The highest BCUT2D eigenvalue weighted by Gasteiger charge is 2.44. The number of nitro groups is 1. The zero-order valence-corrected chi connectivity index (χ0v) is 11.2. The minimum Gasteiger partial charge on any atom is -0.312 e. The fraction of sp³-hybridized carbons (Fsp3) is 0.571. The van der Waals surface area contributed by atoms with Gasteiger partial charge in [-0.2, -0.15) is 0 Å². The second kappa shape index (κ2) is 4.69. The van der Waals surface area contributed by atoms with Crippen LogP contribution < -0.4 is 5.32 Å². The number of hydrogen-bond acceptors (Lipinski definition) is 3. The van der Waals surface area contributed by atoms with E-state index in [0.29, 0.717) is 17.5 Å². The van der Waals surface area contributed by atoms with Crippen molar-refractivity contribution in [1.29, 1.82) is 0 Å². The molecule has 0 aliphatic heterocycles. The van der Waals surface area contributed by atoms with Gasteiger partial charge in [0.25, 0.3) is 5.69 Å². The van der Waals surface area contributed by atoms with Gasteiger partial charge in [-0.15, -0.1) is 0 Å². The van der Waals surface area contributed by atoms with E-state index in [1.807, 2.05) is 12.1 Å². The van der Waals surface area contributed by atoms with Crippen LogP contribution in [0.2, 0.25) is 0 Å². The van der Waals surface area contributed by atoms with Gasteiger partial charge in [-0.3, -0.25) is 10.1 Å². The van der Waals surface area contributed by atoms with Gasteiger partial charge in [0.05, 0.1) is 4.92 Å². The van der Waals surface area contributed by atoms with Gasteiger partial charge in [-0.1, -0.05) is 26.0 Å². The fourth-order valence-electron chi connectivity index (χ4n) is 2.28. The topological polar surface area (TPSA) is 55.2 Å². The second-order valence-corrected chi connectivity index (χ2v) is 5.90. The maximum Gasteiger partial charge on any atom is 0.272 e. The highest BCUT2D eigenvalue weighted by atomic mass is 16.6. The molecule has 0 spiro atoms. The molecule has 4 heteroatoms. The Morgan fingerprint density at radius 3 is 2.72 bits per heavy atom. The van der Waals surface area contributed by atoms with Crippen molar-refractivity contribution < 1.29 is 4.92 Å². The molecule has 0 amide bonds. The Balaban J connectivity index is 1.90. The van der Waals surface area contributed by atoms with Crippen molar-refractivity contribution in [1.82, 2.24) is 5.32 Å². The number of hydrogen-bond donors (Lipinski definition) is 1. The van der Waals surface area contributed by atoms with E-state index in [2.05, 4.69) is 19.2 Å². The second-order valence-electron chi connectivity index (χ2n) is 5.90. The number of nitrogens with one attached hydrogen (secondary N) is 1. The Hall–Kier alpha value is -1.42. The Bertz CT molecular complexity index is 469. The summed E-state index contributed by atoms with van der Waals surface area (Å²) in [5, 5.41) is 14.2. The number of benzene rings is 1. The van der Waals surface area contributed by atoms with Crippen LogP contribution in [-0.4, -0.2) is 11.5 Å². The zero-order valence-electron chi connectivity index (χ0n) is 11.2. The molecule has 1 fully saturated rings. The van der Waals surface area contributed by atoms with Gasteiger partial charge < -0.3 is 5.32 Å². The zero-order chi connectivity index (χ0) is 13.3. The summed E-state index contributed by atoms with van der Waals surface area (Å²) in [5.41, 5.74) is 2.38. The monoisotopic (exact) mass is 248 g/mol. The minimum absolute atomic E-state index is 0.209. The van der Waals surface area contributed by atoms with E-state index in [4.69, 9.17) is 0 Å². The van der Waals surface area contributed by atoms with Crippen LogP contribution in [0.3, 0.4) is 0 Å². The molecule has 1 saturated carbocycles. The van der Waals surface area contributed by atoms with Crippen molar-refractivity contribution in [2.24, 2.45) is 11.3 Å². The normalized spacial score (nSPS) is 20.7. The van der Waals surface area contributed by atoms with Crippen LogP contribution in [0.1, 0.15) is 31.4 Å². The highest BCUT2D eigenvalue weighted by Crippen LogP contribution is 2.50. The molecule has 1 aromatic carbocycles. The average Bonchev–Trinajstić information content (AvgIpc) is 2.88. The van der Waals surface area contributed by atoms with Crippen molar-refractivity contribution in [3.05, 3.63) is 39.4 Å². The van der Waals surface area contributed by atoms with Crippen LogP contribution in [0.4, 0.5) is 5.69 Å². The summed E-state index contributed by atoms with van der Waals surface area (Å²) >= 11 is 0. The highest BCUT2D eigenvalue weighted by molar-refractivity contribution is 5.42. The predicted octanol–water partition coefficient (Wildman–Crippen LogP) is 3.04. The summed E-state index contributed by atoms with van der Waals surface area (Å²) < 4.78 is 0. The number of rotatable bonds is 5. The first-order chi connectivity index (χ1) is 8.40. The summed E-state index contributed by atoms with van der Waals surface area (Å²) in [6.07, 6.45) is 1.27. The molecule has 1 aliphatic carbocycles. The molecule has 2 rings (SSSR count). The largest absolute Gasteiger partial charge is 0.312 e. The lowest BCUT2D eigenvalue weighted by molar-refractivity contribution is -0.385. The molecular formula is C14H20N2O2. The van der Waals surface area contributed by atoms with Crippen LogP contribution >= 0.6 is 0 Å². The van der Waals surface area contributed by atoms with E-state index in [9.17, 15) is 10.1 Å². The molecule has 1 aromatic rings. The van der Waals surface area contributed by atoms with E-state index >= 15 is 0 Å². The molecule has 98 valence electrons. The lowest BCUT2D eigenvalue weighted by atomic mass is 10.1. The predicted molar refractivity (Wildman–Crippen MR) is 71.4 cm³/mol. The van der Waals surface area contributed by atoms with E-state index < -0.39 is 0 Å². The smallest absolute Gasteiger partial charge is 0.272 e. The average molecular weight is 248 g/mol. The summed E-state index contributed by atoms with van der Waals surface area (Å²) in [5.74, 6) is 0.748. The maximum atomic E-state index is 10.8. The Morgan fingerprint density at radius 1 is 1.50 bits per heavy atom. The van der Waals surface area contributed by atoms with Crippen molar-refractivity contribution in [2.75, 3.05) is 6.54 Å². The first-order valence-electron chi connectivity index (χ1n) is 6.35. The van der Waals surface area contributed by atoms with Crippen LogP contribution in [0.5, 0.6) is 0 Å². The first-order valence-corrected chi connectivity index (χ1v) is 6.35. The van der Waals surface area contributed by atoms with Crippen molar-refractivity contribution in [2.45, 2.75) is 33.7 Å². The Morgan fingerprint density at radius 2 is 2.17 bits per heavy atom. The third kappa shape index (κ3) is 2.88. The van der Waals surface area contributed by atoms with Crippen molar-refractivity contribution in [3.63, 3.8) is 0 Å². The number of aryl methyl sites for hydroxylation is 1. The van der Waals surface area contributed by atoms with Crippen LogP contribution in [-0.2, 0) is 6.54 Å². The molecule has 0 radical (unpaired) electrons. The third-order valence-electron chi connectivity index (χ3n) is 3.91. The third-order valence-corrected chi connectivity index (χ3v) is 3.91. The maximum absolute atomic E-state index is 10.8. The van der Waals surface area contributed by atoms with Crippen LogP contribution in [0.25, 0.3) is 0 Å². The molecule has 1 atom stereocenters. The van der Waals surface area contributed by atoms with Crippen molar-refractivity contribution >= 4 is 5.69 Å². The quantitative estimate of drug-likeness (QED) is 0.643. The van der Waals surface area contributed by atoms with Gasteiger partial charge in [-0.05, 0) is 36.8 Å². The molecular weight excluding hydrogens is 228 g/mol. The Kier molecular flexibility index (Phi) is 3.39.